The lowest BCUT2D eigenvalue weighted by atomic mass is 10.2. The van der Waals surface area contributed by atoms with Crippen LogP contribution in [0.1, 0.15) is 18.4 Å². The molecule has 0 bridgehead atoms. The maximum Gasteiger partial charge on any atom is 0.243 e. The number of nitrogens with one attached hydrogen (secondary N) is 2. The molecule has 1 fully saturated rings. The van der Waals surface area contributed by atoms with Crippen LogP contribution in [-0.4, -0.2) is 24.9 Å². The Labute approximate surface area is 152 Å². The van der Waals surface area contributed by atoms with Crippen molar-refractivity contribution in [3.8, 4) is 0 Å². The Morgan fingerprint density at radius 3 is 2.68 bits per heavy atom. The fraction of sp³-hybridized carbons (Fsp3) is 0.263. The number of nitrogens with zero attached hydrogens (tertiary/aromatic N) is 1. The number of amides is 2. The molecule has 2 N–H and O–H groups in total. The van der Waals surface area contributed by atoms with Crippen molar-refractivity contribution >= 4 is 40.5 Å². The van der Waals surface area contributed by atoms with E-state index in [1.807, 2.05) is 37.3 Å². The summed E-state index contributed by atoms with van der Waals surface area (Å²) < 4.78 is 0. The molecule has 1 aliphatic heterocycles. The molecule has 0 aromatic heterocycles. The predicted molar refractivity (Wildman–Crippen MR) is 101 cm³/mol. The first kappa shape index (κ1) is 17.3. The van der Waals surface area contributed by atoms with Crippen LogP contribution in [0.3, 0.4) is 0 Å². The van der Waals surface area contributed by atoms with Gasteiger partial charge in [0.1, 0.15) is 0 Å². The number of halogens is 1. The third-order valence-electron chi connectivity index (χ3n) is 4.25. The first-order valence-corrected chi connectivity index (χ1v) is 8.62. The van der Waals surface area contributed by atoms with E-state index in [9.17, 15) is 9.59 Å². The van der Waals surface area contributed by atoms with Gasteiger partial charge in [-0.3, -0.25) is 9.59 Å². The highest BCUT2D eigenvalue weighted by Crippen LogP contribution is 2.29. The molecule has 1 saturated heterocycles. The smallest absolute Gasteiger partial charge is 0.243 e. The third-order valence-corrected chi connectivity index (χ3v) is 4.66. The van der Waals surface area contributed by atoms with Gasteiger partial charge in [-0.1, -0.05) is 29.8 Å². The number of rotatable bonds is 5. The van der Waals surface area contributed by atoms with Crippen molar-refractivity contribution < 1.29 is 9.59 Å². The summed E-state index contributed by atoms with van der Waals surface area (Å²) >= 11 is 6.07. The Hall–Kier alpha value is -2.53. The van der Waals surface area contributed by atoms with Crippen molar-refractivity contribution in [1.82, 2.24) is 0 Å². The fourth-order valence-electron chi connectivity index (χ4n) is 2.87. The van der Waals surface area contributed by atoms with Crippen molar-refractivity contribution in [2.75, 3.05) is 28.6 Å². The summed E-state index contributed by atoms with van der Waals surface area (Å²) in [5.74, 6) is -0.0545. The molecular formula is C19H20ClN3O2. The van der Waals surface area contributed by atoms with E-state index in [0.717, 1.165) is 23.4 Å². The maximum absolute atomic E-state index is 12.2. The van der Waals surface area contributed by atoms with Crippen LogP contribution in [0.5, 0.6) is 0 Å². The average Bonchev–Trinajstić information content (AvgIpc) is 3.03. The summed E-state index contributed by atoms with van der Waals surface area (Å²) in [5, 5.41) is 6.59. The number of hydrogen-bond acceptors (Lipinski definition) is 3. The standard InChI is InChI=1S/C19H20ClN3O2/c1-13-14(20)6-4-8-15(13)22-18(24)12-21-16-7-2-3-9-17(16)23-11-5-10-19(23)25/h2-4,6-9,21H,5,10-12H2,1H3,(H,22,24). The second kappa shape index (κ2) is 7.57. The van der Waals surface area contributed by atoms with Crippen LogP contribution in [0.25, 0.3) is 0 Å². The molecule has 0 radical (unpaired) electrons. The number of hydrogen-bond donors (Lipinski definition) is 2. The molecule has 0 aliphatic carbocycles. The van der Waals surface area contributed by atoms with Gasteiger partial charge in [0.15, 0.2) is 0 Å². The molecule has 2 aromatic carbocycles. The molecule has 2 aromatic rings. The number of benzene rings is 2. The van der Waals surface area contributed by atoms with Crippen LogP contribution < -0.4 is 15.5 Å². The van der Waals surface area contributed by atoms with Crippen LogP contribution in [-0.2, 0) is 9.59 Å². The summed E-state index contributed by atoms with van der Waals surface area (Å²) in [7, 11) is 0. The lowest BCUT2D eigenvalue weighted by Gasteiger charge is -2.20. The minimum Gasteiger partial charge on any atom is -0.374 e. The minimum absolute atomic E-state index is 0.102. The van der Waals surface area contributed by atoms with Gasteiger partial charge in [-0.05, 0) is 43.2 Å². The lowest BCUT2D eigenvalue weighted by Crippen LogP contribution is -2.26. The Bertz CT molecular complexity index is 807. The monoisotopic (exact) mass is 357 g/mol. The number of anilines is 3. The summed E-state index contributed by atoms with van der Waals surface area (Å²) in [6.45, 7) is 2.68. The maximum atomic E-state index is 12.2. The first-order valence-electron chi connectivity index (χ1n) is 8.24. The summed E-state index contributed by atoms with van der Waals surface area (Å²) in [5.41, 5.74) is 3.12. The quantitative estimate of drug-likeness (QED) is 0.855. The topological polar surface area (TPSA) is 61.4 Å². The molecule has 0 unspecified atom stereocenters. The van der Waals surface area contributed by atoms with Gasteiger partial charge in [-0.15, -0.1) is 0 Å². The van der Waals surface area contributed by atoms with Crippen molar-refractivity contribution in [2.45, 2.75) is 19.8 Å². The van der Waals surface area contributed by atoms with Gasteiger partial charge in [0.25, 0.3) is 0 Å². The van der Waals surface area contributed by atoms with Crippen LogP contribution >= 0.6 is 11.6 Å². The van der Waals surface area contributed by atoms with Crippen LogP contribution in [0.2, 0.25) is 5.02 Å². The van der Waals surface area contributed by atoms with Crippen LogP contribution in [0.15, 0.2) is 42.5 Å². The molecule has 1 aliphatic rings. The second-order valence-electron chi connectivity index (χ2n) is 5.98. The fourth-order valence-corrected chi connectivity index (χ4v) is 3.05. The number of carbonyl (C=O) groups is 2. The largest absolute Gasteiger partial charge is 0.374 e. The Morgan fingerprint density at radius 2 is 1.92 bits per heavy atom. The summed E-state index contributed by atoms with van der Waals surface area (Å²) in [6, 6.07) is 12.9. The SMILES string of the molecule is Cc1c(Cl)cccc1NC(=O)CNc1ccccc1N1CCCC1=O. The lowest BCUT2D eigenvalue weighted by molar-refractivity contribution is -0.117. The van der Waals surface area contributed by atoms with Crippen molar-refractivity contribution in [3.63, 3.8) is 0 Å². The Morgan fingerprint density at radius 1 is 1.16 bits per heavy atom. The zero-order chi connectivity index (χ0) is 17.8. The minimum atomic E-state index is -0.173. The van der Waals surface area contributed by atoms with Gasteiger partial charge < -0.3 is 15.5 Å². The van der Waals surface area contributed by atoms with E-state index < -0.39 is 0 Å². The van der Waals surface area contributed by atoms with E-state index in [1.165, 1.54) is 0 Å². The molecule has 1 heterocycles. The first-order chi connectivity index (χ1) is 12.1. The number of carbonyl (C=O) groups excluding carboxylic acids is 2. The van der Waals surface area contributed by atoms with Gasteiger partial charge in [-0.2, -0.15) is 0 Å². The molecule has 0 spiro atoms. The van der Waals surface area contributed by atoms with E-state index in [0.29, 0.717) is 23.7 Å². The van der Waals surface area contributed by atoms with Gasteiger partial charge in [-0.25, -0.2) is 0 Å². The highest BCUT2D eigenvalue weighted by Gasteiger charge is 2.23. The Kier molecular flexibility index (Phi) is 5.24. The van der Waals surface area contributed by atoms with Gasteiger partial charge >= 0.3 is 0 Å². The Balaban J connectivity index is 1.66. The van der Waals surface area contributed by atoms with Crippen LogP contribution in [0, 0.1) is 6.92 Å². The molecular weight excluding hydrogens is 338 g/mol. The average molecular weight is 358 g/mol. The van der Waals surface area contributed by atoms with E-state index in [2.05, 4.69) is 10.6 Å². The molecule has 6 heteroatoms. The normalized spacial score (nSPS) is 13.8. The van der Waals surface area contributed by atoms with Crippen LogP contribution in [0.4, 0.5) is 17.1 Å². The highest BCUT2D eigenvalue weighted by atomic mass is 35.5. The van der Waals surface area contributed by atoms with E-state index >= 15 is 0 Å². The second-order valence-corrected chi connectivity index (χ2v) is 6.39. The molecule has 130 valence electrons. The summed E-state index contributed by atoms with van der Waals surface area (Å²) in [6.07, 6.45) is 1.44. The predicted octanol–water partition coefficient (Wildman–Crippen LogP) is 3.83. The third kappa shape index (κ3) is 3.94. The molecule has 2 amide bonds. The van der Waals surface area contributed by atoms with Crippen molar-refractivity contribution in [2.24, 2.45) is 0 Å². The van der Waals surface area contributed by atoms with Crippen molar-refractivity contribution in [1.29, 1.82) is 0 Å². The molecule has 5 nitrogen and oxygen atoms in total. The van der Waals surface area contributed by atoms with E-state index in [4.69, 9.17) is 11.6 Å². The van der Waals surface area contributed by atoms with Gasteiger partial charge in [0.2, 0.25) is 11.8 Å². The zero-order valence-corrected chi connectivity index (χ0v) is 14.8. The molecule has 0 atom stereocenters. The highest BCUT2D eigenvalue weighted by molar-refractivity contribution is 6.31. The molecule has 3 rings (SSSR count). The van der Waals surface area contributed by atoms with Crippen molar-refractivity contribution in [3.05, 3.63) is 53.1 Å². The van der Waals surface area contributed by atoms with Gasteiger partial charge in [0.05, 0.1) is 17.9 Å². The van der Waals surface area contributed by atoms with E-state index in [1.54, 1.807) is 17.0 Å². The van der Waals surface area contributed by atoms with E-state index in [-0.39, 0.29) is 18.4 Å². The number of para-hydroxylation sites is 2. The summed E-state index contributed by atoms with van der Waals surface area (Å²) in [4.78, 5) is 26.0. The molecule has 0 saturated carbocycles. The van der Waals surface area contributed by atoms with Gasteiger partial charge in [0, 0.05) is 23.7 Å². The molecule has 25 heavy (non-hydrogen) atoms. The zero-order valence-electron chi connectivity index (χ0n) is 14.0.